The molecule has 96 valence electrons. The summed E-state index contributed by atoms with van der Waals surface area (Å²) in [5, 5.41) is 11.6. The maximum atomic E-state index is 10.9. The van der Waals surface area contributed by atoms with Gasteiger partial charge in [-0.3, -0.25) is 9.20 Å². The number of rotatable bonds is 3. The van der Waals surface area contributed by atoms with Crippen LogP contribution in [0.5, 0.6) is 0 Å². The molecule has 0 aliphatic heterocycles. The van der Waals surface area contributed by atoms with E-state index >= 15 is 0 Å². The number of hydrogen-bond acceptors (Lipinski definition) is 3. The van der Waals surface area contributed by atoms with E-state index in [0.29, 0.717) is 10.7 Å². The van der Waals surface area contributed by atoms with Crippen molar-refractivity contribution in [3.8, 4) is 11.3 Å². The van der Waals surface area contributed by atoms with Crippen molar-refractivity contribution in [3.05, 3.63) is 46.6 Å². The number of nitrogens with zero attached hydrogens (tertiary/aromatic N) is 2. The quantitative estimate of drug-likeness (QED) is 0.805. The Morgan fingerprint density at radius 2 is 2.11 bits per heavy atom. The summed E-state index contributed by atoms with van der Waals surface area (Å²) in [6.45, 7) is 0. The Balaban J connectivity index is 2.15. The van der Waals surface area contributed by atoms with E-state index in [1.807, 2.05) is 34.0 Å². The van der Waals surface area contributed by atoms with Crippen molar-refractivity contribution >= 4 is 33.9 Å². The van der Waals surface area contributed by atoms with Crippen LogP contribution in [-0.4, -0.2) is 20.5 Å². The molecule has 0 amide bonds. The highest BCUT2D eigenvalue weighted by Crippen LogP contribution is 2.28. The van der Waals surface area contributed by atoms with Gasteiger partial charge in [0.05, 0.1) is 24.0 Å². The van der Waals surface area contributed by atoms with Gasteiger partial charge in [-0.25, -0.2) is 4.98 Å². The molecule has 0 aliphatic rings. The highest BCUT2D eigenvalue weighted by molar-refractivity contribution is 7.15. The zero-order valence-electron chi connectivity index (χ0n) is 9.71. The fourth-order valence-electron chi connectivity index (χ4n) is 1.97. The van der Waals surface area contributed by atoms with Gasteiger partial charge in [0.15, 0.2) is 4.96 Å². The molecule has 0 unspecified atom stereocenters. The van der Waals surface area contributed by atoms with Crippen LogP contribution in [0.1, 0.15) is 5.69 Å². The lowest BCUT2D eigenvalue weighted by Gasteiger charge is -2.03. The number of fused-ring (bicyclic) bond motifs is 1. The number of hydrogen-bond donors (Lipinski definition) is 1. The Morgan fingerprint density at radius 3 is 2.79 bits per heavy atom. The smallest absolute Gasteiger partial charge is 0.309 e. The molecule has 0 bridgehead atoms. The first-order chi connectivity index (χ1) is 9.15. The molecule has 2 heterocycles. The number of carboxylic acids is 1. The van der Waals surface area contributed by atoms with E-state index in [-0.39, 0.29) is 6.42 Å². The minimum absolute atomic E-state index is 0.0432. The van der Waals surface area contributed by atoms with Crippen molar-refractivity contribution in [2.45, 2.75) is 6.42 Å². The second kappa shape index (κ2) is 4.68. The molecule has 0 radical (unpaired) electrons. The molecule has 19 heavy (non-hydrogen) atoms. The number of carboxylic acid groups (broad SMARTS) is 1. The fraction of sp³-hybridized carbons (Fsp3) is 0.0769. The number of benzene rings is 1. The molecule has 0 aliphatic carbocycles. The molecule has 0 saturated heterocycles. The number of thiazole rings is 1. The Bertz CT molecular complexity index is 746. The average molecular weight is 293 g/mol. The summed E-state index contributed by atoms with van der Waals surface area (Å²) in [6.07, 6.45) is 1.57. The molecule has 3 rings (SSSR count). The third-order valence-corrected chi connectivity index (χ3v) is 3.88. The van der Waals surface area contributed by atoms with E-state index in [9.17, 15) is 4.79 Å². The van der Waals surface area contributed by atoms with Crippen LogP contribution in [-0.2, 0) is 11.2 Å². The molecule has 4 nitrogen and oxygen atoms in total. The molecule has 3 aromatic rings. The van der Waals surface area contributed by atoms with E-state index in [4.69, 9.17) is 16.7 Å². The van der Waals surface area contributed by atoms with Gasteiger partial charge in [0.25, 0.3) is 0 Å². The molecule has 2 aromatic heterocycles. The molecule has 1 aromatic carbocycles. The number of aromatic nitrogens is 2. The summed E-state index contributed by atoms with van der Waals surface area (Å²) < 4.78 is 1.88. The maximum Gasteiger partial charge on any atom is 0.309 e. The van der Waals surface area contributed by atoms with Crippen LogP contribution in [0.3, 0.4) is 0 Å². The van der Waals surface area contributed by atoms with E-state index < -0.39 is 5.97 Å². The maximum absolute atomic E-state index is 10.9. The minimum atomic E-state index is -0.866. The van der Waals surface area contributed by atoms with Crippen LogP contribution in [0.4, 0.5) is 0 Å². The van der Waals surface area contributed by atoms with E-state index in [1.165, 1.54) is 11.3 Å². The Kier molecular flexibility index (Phi) is 3.00. The lowest BCUT2D eigenvalue weighted by atomic mass is 10.2. The molecule has 0 fully saturated rings. The van der Waals surface area contributed by atoms with Crippen LogP contribution in [0, 0.1) is 0 Å². The lowest BCUT2D eigenvalue weighted by Crippen LogP contribution is -2.03. The standard InChI is InChI=1S/C13H9ClN2O2S/c14-9-3-1-8(2-4-9)11-7-19-13-15-6-10(16(11)13)5-12(17)18/h1-4,6-7H,5H2,(H,17,18). The van der Waals surface area contributed by atoms with Crippen LogP contribution < -0.4 is 0 Å². The van der Waals surface area contributed by atoms with Gasteiger partial charge in [0.2, 0.25) is 0 Å². The van der Waals surface area contributed by atoms with Crippen molar-refractivity contribution in [2.24, 2.45) is 0 Å². The molecule has 6 heteroatoms. The fourth-order valence-corrected chi connectivity index (χ4v) is 2.99. The van der Waals surface area contributed by atoms with Crippen molar-refractivity contribution in [1.82, 2.24) is 9.38 Å². The Labute approximate surface area is 117 Å². The largest absolute Gasteiger partial charge is 0.481 e. The molecule has 0 atom stereocenters. The van der Waals surface area contributed by atoms with E-state index in [1.54, 1.807) is 6.20 Å². The summed E-state index contributed by atoms with van der Waals surface area (Å²) in [5.41, 5.74) is 2.60. The zero-order valence-corrected chi connectivity index (χ0v) is 11.3. The van der Waals surface area contributed by atoms with Gasteiger partial charge in [-0.2, -0.15) is 0 Å². The van der Waals surface area contributed by atoms with Crippen LogP contribution in [0.25, 0.3) is 16.2 Å². The van der Waals surface area contributed by atoms with Crippen molar-refractivity contribution in [2.75, 3.05) is 0 Å². The van der Waals surface area contributed by atoms with Gasteiger partial charge in [0.1, 0.15) is 0 Å². The third kappa shape index (κ3) is 2.22. The lowest BCUT2D eigenvalue weighted by molar-refractivity contribution is -0.136. The zero-order chi connectivity index (χ0) is 13.4. The van der Waals surface area contributed by atoms with Crippen molar-refractivity contribution in [1.29, 1.82) is 0 Å². The third-order valence-electron chi connectivity index (χ3n) is 2.79. The molecule has 1 N–H and O–H groups in total. The second-order valence-electron chi connectivity index (χ2n) is 4.07. The van der Waals surface area contributed by atoms with Crippen molar-refractivity contribution < 1.29 is 9.90 Å². The normalized spacial score (nSPS) is 11.0. The second-order valence-corrected chi connectivity index (χ2v) is 5.34. The predicted octanol–water partition coefficient (Wildman–Crippen LogP) is 3.34. The highest BCUT2D eigenvalue weighted by Gasteiger charge is 2.13. The topological polar surface area (TPSA) is 54.6 Å². The van der Waals surface area contributed by atoms with E-state index in [0.717, 1.165) is 16.2 Å². The number of imidazole rings is 1. The molecular formula is C13H9ClN2O2S. The van der Waals surface area contributed by atoms with Gasteiger partial charge in [0, 0.05) is 10.4 Å². The molecule has 0 saturated carbocycles. The number of carbonyl (C=O) groups is 1. The molecular weight excluding hydrogens is 284 g/mol. The minimum Gasteiger partial charge on any atom is -0.481 e. The first-order valence-corrected chi connectivity index (χ1v) is 6.82. The Morgan fingerprint density at radius 1 is 1.37 bits per heavy atom. The van der Waals surface area contributed by atoms with Crippen molar-refractivity contribution in [3.63, 3.8) is 0 Å². The summed E-state index contributed by atoms with van der Waals surface area (Å²) >= 11 is 7.36. The summed E-state index contributed by atoms with van der Waals surface area (Å²) in [7, 11) is 0. The SMILES string of the molecule is O=C(O)Cc1cnc2scc(-c3ccc(Cl)cc3)n12. The predicted molar refractivity (Wildman–Crippen MR) is 74.9 cm³/mol. The van der Waals surface area contributed by atoms with Gasteiger partial charge in [-0.05, 0) is 17.7 Å². The van der Waals surface area contributed by atoms with Gasteiger partial charge in [-0.15, -0.1) is 11.3 Å². The number of halogens is 1. The van der Waals surface area contributed by atoms with E-state index in [2.05, 4.69) is 4.98 Å². The van der Waals surface area contributed by atoms with Gasteiger partial charge >= 0.3 is 5.97 Å². The summed E-state index contributed by atoms with van der Waals surface area (Å²) in [5.74, 6) is -0.866. The highest BCUT2D eigenvalue weighted by atomic mass is 35.5. The van der Waals surface area contributed by atoms with Crippen LogP contribution in [0.15, 0.2) is 35.8 Å². The summed E-state index contributed by atoms with van der Waals surface area (Å²) in [4.78, 5) is 15.9. The van der Waals surface area contributed by atoms with Gasteiger partial charge < -0.3 is 5.11 Å². The monoisotopic (exact) mass is 292 g/mol. The first kappa shape index (κ1) is 12.2. The summed E-state index contributed by atoms with van der Waals surface area (Å²) in [6, 6.07) is 7.45. The molecule has 0 spiro atoms. The van der Waals surface area contributed by atoms with Crippen LogP contribution in [0.2, 0.25) is 5.02 Å². The Hall–Kier alpha value is -1.85. The van der Waals surface area contributed by atoms with Gasteiger partial charge in [-0.1, -0.05) is 23.7 Å². The average Bonchev–Trinajstić information content (AvgIpc) is 2.93. The number of aliphatic carboxylic acids is 1. The first-order valence-electron chi connectivity index (χ1n) is 5.56. The van der Waals surface area contributed by atoms with Crippen LogP contribution >= 0.6 is 22.9 Å².